The number of aliphatic hydroxyl groups is 1. The van der Waals surface area contributed by atoms with Gasteiger partial charge in [0.15, 0.2) is 0 Å². The van der Waals surface area contributed by atoms with Gasteiger partial charge in [-0.1, -0.05) is 0 Å². The van der Waals surface area contributed by atoms with Gasteiger partial charge in [-0.3, -0.25) is 0 Å². The molecule has 0 saturated heterocycles. The first kappa shape index (κ1) is 13.9. The number of halogens is 4. The molecule has 6 nitrogen and oxygen atoms in total. The van der Waals surface area contributed by atoms with Crippen LogP contribution in [0.3, 0.4) is 0 Å². The van der Waals surface area contributed by atoms with E-state index in [9.17, 15) is 23.3 Å². The molecule has 17 heavy (non-hydrogen) atoms. The van der Waals surface area contributed by atoms with Crippen molar-refractivity contribution >= 4 is 28.4 Å². The van der Waals surface area contributed by atoms with Crippen LogP contribution in [0.25, 0.3) is 0 Å². The average Bonchev–Trinajstić information content (AvgIpc) is 2.18. The zero-order valence-electron chi connectivity index (χ0n) is 7.86. The maximum atomic E-state index is 12.0. The molecule has 1 aromatic heterocycles. The Balaban J connectivity index is 3.28. The largest absolute Gasteiger partial charge is 0.575 e. The Labute approximate surface area is 106 Å². The Morgan fingerprint density at radius 3 is 2.59 bits per heavy atom. The molecule has 0 atom stereocenters. The van der Waals surface area contributed by atoms with Crippen LogP contribution in [0.4, 0.5) is 19.0 Å². The number of alkyl halides is 3. The van der Waals surface area contributed by atoms with Gasteiger partial charge in [0.1, 0.15) is 3.57 Å². The van der Waals surface area contributed by atoms with Crippen molar-refractivity contribution in [2.24, 2.45) is 0 Å². The molecule has 94 valence electrons. The van der Waals surface area contributed by atoms with Crippen molar-refractivity contribution in [2.75, 3.05) is 0 Å². The monoisotopic (exact) mass is 364 g/mol. The van der Waals surface area contributed by atoms with Crippen LogP contribution in [0.5, 0.6) is 5.88 Å². The van der Waals surface area contributed by atoms with Crippen molar-refractivity contribution in [3.63, 3.8) is 0 Å². The van der Waals surface area contributed by atoms with Gasteiger partial charge in [-0.05, 0) is 27.5 Å². The Kier molecular flexibility index (Phi) is 4.08. The molecule has 0 bridgehead atoms. The minimum Gasteiger partial charge on any atom is -0.392 e. The fourth-order valence-electron chi connectivity index (χ4n) is 0.928. The molecule has 1 rings (SSSR count). The lowest BCUT2D eigenvalue weighted by atomic mass is 10.3. The summed E-state index contributed by atoms with van der Waals surface area (Å²) in [5.74, 6) is -1.77. The molecule has 0 radical (unpaired) electrons. The Hall–Kier alpha value is -1.17. The lowest BCUT2D eigenvalue weighted by molar-refractivity contribution is -0.390. The van der Waals surface area contributed by atoms with Gasteiger partial charge in [0, 0.05) is 16.6 Å². The first-order valence-electron chi connectivity index (χ1n) is 3.95. The highest BCUT2D eigenvalue weighted by Gasteiger charge is 2.36. The number of aromatic nitrogens is 1. The highest BCUT2D eigenvalue weighted by Crippen LogP contribution is 2.30. The second-order valence-corrected chi connectivity index (χ2v) is 3.80. The van der Waals surface area contributed by atoms with Gasteiger partial charge in [0.2, 0.25) is 0 Å². The number of hydrogen-bond donors (Lipinski definition) is 1. The predicted octanol–water partition coefficient (Wildman–Crippen LogP) is 1.99. The quantitative estimate of drug-likeness (QED) is 0.504. The first-order valence-corrected chi connectivity index (χ1v) is 5.03. The number of aliphatic hydroxyl groups excluding tert-OH is 1. The molecule has 1 aromatic rings. The molecule has 0 unspecified atom stereocenters. The molecule has 0 aromatic carbocycles. The van der Waals surface area contributed by atoms with Gasteiger partial charge in [-0.15, -0.1) is 13.2 Å². The number of pyridine rings is 1. The van der Waals surface area contributed by atoms with E-state index >= 15 is 0 Å². The lowest BCUT2D eigenvalue weighted by Gasteiger charge is -2.08. The third-order valence-electron chi connectivity index (χ3n) is 1.56. The topological polar surface area (TPSA) is 85.5 Å². The fraction of sp³-hybridized carbons (Fsp3) is 0.286. The van der Waals surface area contributed by atoms with Crippen LogP contribution in [0.1, 0.15) is 5.56 Å². The number of ether oxygens (including phenoxy) is 1. The van der Waals surface area contributed by atoms with Crippen molar-refractivity contribution in [1.82, 2.24) is 4.98 Å². The fourth-order valence-corrected chi connectivity index (χ4v) is 1.48. The third kappa shape index (κ3) is 3.66. The smallest absolute Gasteiger partial charge is 0.392 e. The van der Waals surface area contributed by atoms with E-state index in [0.717, 1.165) is 6.07 Å². The SMILES string of the molecule is O=[N+]([O-])c1cc(CO)c(I)c(OC(F)(F)F)n1. The summed E-state index contributed by atoms with van der Waals surface area (Å²) < 4.78 is 39.4. The van der Waals surface area contributed by atoms with Crippen molar-refractivity contribution in [1.29, 1.82) is 0 Å². The van der Waals surface area contributed by atoms with Gasteiger partial charge in [-0.2, -0.15) is 0 Å². The maximum Gasteiger partial charge on any atom is 0.575 e. The van der Waals surface area contributed by atoms with E-state index < -0.39 is 29.6 Å². The van der Waals surface area contributed by atoms with E-state index in [1.807, 2.05) is 0 Å². The van der Waals surface area contributed by atoms with Crippen molar-refractivity contribution < 1.29 is 27.9 Å². The van der Waals surface area contributed by atoms with E-state index in [2.05, 4.69) is 9.72 Å². The van der Waals surface area contributed by atoms with Gasteiger partial charge in [-0.25, -0.2) is 0 Å². The molecule has 10 heteroatoms. The summed E-state index contributed by atoms with van der Waals surface area (Å²) in [5, 5.41) is 19.3. The standard InChI is InChI=1S/C7H4F3IN2O4/c8-7(9,10)17-6-5(11)3(2-14)1-4(12-6)13(15)16/h1,14H,2H2. The van der Waals surface area contributed by atoms with E-state index in [-0.39, 0.29) is 9.13 Å². The zero-order chi connectivity index (χ0) is 13.2. The zero-order valence-corrected chi connectivity index (χ0v) is 10.0. The maximum absolute atomic E-state index is 12.0. The first-order chi connectivity index (χ1) is 7.74. The van der Waals surface area contributed by atoms with Crippen LogP contribution in [-0.4, -0.2) is 21.4 Å². The van der Waals surface area contributed by atoms with Crippen LogP contribution in [-0.2, 0) is 6.61 Å². The number of rotatable bonds is 3. The molecule has 0 aliphatic heterocycles. The minimum atomic E-state index is -5.01. The summed E-state index contributed by atoms with van der Waals surface area (Å²) in [6.45, 7) is -0.657. The minimum absolute atomic E-state index is 0.0634. The average molecular weight is 364 g/mol. The van der Waals surface area contributed by atoms with Gasteiger partial charge in [0.25, 0.3) is 0 Å². The van der Waals surface area contributed by atoms with Crippen molar-refractivity contribution in [3.8, 4) is 5.88 Å². The molecule has 0 aliphatic rings. The number of nitro groups is 1. The number of nitrogens with zero attached hydrogens (tertiary/aromatic N) is 2. The van der Waals surface area contributed by atoms with Gasteiger partial charge < -0.3 is 20.0 Å². The second-order valence-electron chi connectivity index (χ2n) is 2.72. The van der Waals surface area contributed by atoms with E-state index in [1.165, 1.54) is 22.6 Å². The molecule has 1 N–H and O–H groups in total. The van der Waals surface area contributed by atoms with Crippen LogP contribution in [0.2, 0.25) is 0 Å². The number of hydrogen-bond acceptors (Lipinski definition) is 5. The Morgan fingerprint density at radius 1 is 1.59 bits per heavy atom. The van der Waals surface area contributed by atoms with Gasteiger partial charge >= 0.3 is 18.1 Å². The summed E-state index contributed by atoms with van der Waals surface area (Å²) >= 11 is 1.45. The Bertz CT molecular complexity index is 451. The molecule has 1 heterocycles. The summed E-state index contributed by atoms with van der Waals surface area (Å²) in [6.07, 6.45) is -5.01. The highest BCUT2D eigenvalue weighted by molar-refractivity contribution is 14.1. The summed E-state index contributed by atoms with van der Waals surface area (Å²) in [6, 6.07) is 0.880. The predicted molar refractivity (Wildman–Crippen MR) is 56.2 cm³/mol. The molecule has 0 spiro atoms. The van der Waals surface area contributed by atoms with Crippen LogP contribution < -0.4 is 4.74 Å². The molecule has 0 amide bonds. The molecule has 0 aliphatic carbocycles. The van der Waals surface area contributed by atoms with Crippen LogP contribution in [0, 0.1) is 13.7 Å². The Morgan fingerprint density at radius 2 is 2.18 bits per heavy atom. The molecular formula is C7H4F3IN2O4. The van der Waals surface area contributed by atoms with Gasteiger partial charge in [0.05, 0.1) is 6.61 Å². The van der Waals surface area contributed by atoms with E-state index in [1.54, 1.807) is 0 Å². The lowest BCUT2D eigenvalue weighted by Crippen LogP contribution is -2.19. The van der Waals surface area contributed by atoms with Crippen LogP contribution >= 0.6 is 22.6 Å². The molecule has 0 saturated carbocycles. The third-order valence-corrected chi connectivity index (χ3v) is 2.71. The summed E-state index contributed by atoms with van der Waals surface area (Å²) in [7, 11) is 0. The molecule has 0 fully saturated rings. The normalized spacial score (nSPS) is 11.4. The van der Waals surface area contributed by atoms with Crippen molar-refractivity contribution in [3.05, 3.63) is 25.3 Å². The highest BCUT2D eigenvalue weighted by atomic mass is 127. The van der Waals surface area contributed by atoms with Crippen molar-refractivity contribution in [2.45, 2.75) is 13.0 Å². The van der Waals surface area contributed by atoms with E-state index in [0.29, 0.717) is 0 Å². The van der Waals surface area contributed by atoms with Crippen LogP contribution in [0.15, 0.2) is 6.07 Å². The van der Waals surface area contributed by atoms with E-state index in [4.69, 9.17) is 5.11 Å². The molecular weight excluding hydrogens is 360 g/mol. The summed E-state index contributed by atoms with van der Waals surface area (Å²) in [4.78, 5) is 12.6. The second kappa shape index (κ2) is 5.00. The summed E-state index contributed by atoms with van der Waals surface area (Å²) in [5.41, 5.74) is -0.0634.